The summed E-state index contributed by atoms with van der Waals surface area (Å²) >= 11 is 3.43. The lowest BCUT2D eigenvalue weighted by Crippen LogP contribution is -2.24. The number of nitrogens with zero attached hydrogens (tertiary/aromatic N) is 3. The maximum Gasteiger partial charge on any atom is 0.379 e. The van der Waals surface area contributed by atoms with Gasteiger partial charge in [-0.1, -0.05) is 0 Å². The fourth-order valence-corrected chi connectivity index (χ4v) is 2.86. The molecule has 156 valence electrons. The Morgan fingerprint density at radius 1 is 1.30 bits per heavy atom. The highest BCUT2D eigenvalue weighted by atomic mass is 79.9. The lowest BCUT2D eigenvalue weighted by Gasteiger charge is -2.09. The first kappa shape index (κ1) is 21.3. The van der Waals surface area contributed by atoms with Gasteiger partial charge in [-0.15, -0.1) is 0 Å². The average molecular weight is 475 g/mol. The summed E-state index contributed by atoms with van der Waals surface area (Å²) in [6.45, 7) is 3.76. The number of carbonyl (C=O) groups excluding carboxylic acids is 2. The topological polar surface area (TPSA) is 108 Å². The number of rotatable bonds is 7. The number of nitrogens with one attached hydrogen (secondary N) is 1. The molecule has 3 rings (SSSR count). The molecule has 2 aromatic heterocycles. The Bertz CT molecular complexity index is 1090. The van der Waals surface area contributed by atoms with E-state index in [1.165, 1.54) is 25.7 Å². The number of benzene rings is 1. The van der Waals surface area contributed by atoms with E-state index >= 15 is 0 Å². The van der Waals surface area contributed by atoms with Crippen molar-refractivity contribution in [3.8, 4) is 11.5 Å². The zero-order valence-corrected chi connectivity index (χ0v) is 18.1. The van der Waals surface area contributed by atoms with Gasteiger partial charge in [0.25, 0.3) is 5.91 Å². The fraction of sp³-hybridized carbons (Fsp3) is 0.200. The van der Waals surface area contributed by atoms with Gasteiger partial charge in [0, 0.05) is 0 Å². The number of aryl methyl sites for hydroxylation is 1. The molecular formula is C20H19BrN4O5. The molecule has 0 aliphatic rings. The summed E-state index contributed by atoms with van der Waals surface area (Å²) in [4.78, 5) is 24.1. The Hall–Kier alpha value is -3.40. The molecule has 0 aliphatic carbocycles. The molecule has 1 N–H and O–H groups in total. The zero-order chi connectivity index (χ0) is 21.7. The van der Waals surface area contributed by atoms with Crippen LogP contribution in [0.3, 0.4) is 0 Å². The molecule has 9 nitrogen and oxygen atoms in total. The number of esters is 1. The van der Waals surface area contributed by atoms with Gasteiger partial charge < -0.3 is 13.9 Å². The summed E-state index contributed by atoms with van der Waals surface area (Å²) in [5.74, 6) is -0.309. The second kappa shape index (κ2) is 9.40. The van der Waals surface area contributed by atoms with E-state index in [1.807, 2.05) is 13.8 Å². The van der Waals surface area contributed by atoms with Crippen molar-refractivity contribution >= 4 is 34.0 Å². The van der Waals surface area contributed by atoms with Gasteiger partial charge in [-0.2, -0.15) is 10.2 Å². The van der Waals surface area contributed by atoms with E-state index in [9.17, 15) is 9.59 Å². The summed E-state index contributed by atoms with van der Waals surface area (Å²) in [7, 11) is 1.45. The summed E-state index contributed by atoms with van der Waals surface area (Å²) in [5, 5.41) is 8.23. The van der Waals surface area contributed by atoms with Crippen LogP contribution < -0.4 is 14.9 Å². The Morgan fingerprint density at radius 2 is 2.10 bits per heavy atom. The molecule has 0 bridgehead atoms. The van der Waals surface area contributed by atoms with Crippen molar-refractivity contribution in [3.05, 3.63) is 63.8 Å². The van der Waals surface area contributed by atoms with E-state index in [0.29, 0.717) is 11.3 Å². The molecule has 1 aromatic carbocycles. The van der Waals surface area contributed by atoms with Crippen molar-refractivity contribution in [2.75, 3.05) is 7.11 Å². The Kier molecular flexibility index (Phi) is 6.68. The van der Waals surface area contributed by atoms with Crippen molar-refractivity contribution < 1.29 is 23.5 Å². The van der Waals surface area contributed by atoms with Gasteiger partial charge in [0.15, 0.2) is 11.5 Å². The van der Waals surface area contributed by atoms with Crippen LogP contribution in [-0.4, -0.2) is 35.0 Å². The van der Waals surface area contributed by atoms with Gasteiger partial charge in [0.05, 0.1) is 35.4 Å². The van der Waals surface area contributed by atoms with Crippen LogP contribution in [0.4, 0.5) is 0 Å². The molecule has 30 heavy (non-hydrogen) atoms. The standard InChI is InChI=1S/C20H19BrN4O5/c1-12-19(21)13(2)25(24-12)11-18(26)23-22-10-14-6-7-15(17(9-14)28-3)30-20(27)16-5-4-8-29-16/h4-10H,11H2,1-3H3,(H,23,26)/b22-10-. The minimum Gasteiger partial charge on any atom is -0.493 e. The number of amides is 1. The third-order valence-electron chi connectivity index (χ3n) is 4.10. The fourth-order valence-electron chi connectivity index (χ4n) is 2.57. The summed E-state index contributed by atoms with van der Waals surface area (Å²) in [6.07, 6.45) is 2.84. The number of aromatic nitrogens is 2. The zero-order valence-electron chi connectivity index (χ0n) is 16.5. The minimum absolute atomic E-state index is 0.0423. The minimum atomic E-state index is -0.636. The second-order valence-electron chi connectivity index (χ2n) is 6.21. The molecule has 0 aliphatic heterocycles. The predicted molar refractivity (Wildman–Crippen MR) is 112 cm³/mol. The number of halogens is 1. The van der Waals surface area contributed by atoms with Crippen molar-refractivity contribution in [1.82, 2.24) is 15.2 Å². The van der Waals surface area contributed by atoms with Crippen LogP contribution in [0.2, 0.25) is 0 Å². The predicted octanol–water partition coefficient (Wildman–Crippen LogP) is 3.23. The van der Waals surface area contributed by atoms with Crippen molar-refractivity contribution in [1.29, 1.82) is 0 Å². The van der Waals surface area contributed by atoms with Crippen molar-refractivity contribution in [2.45, 2.75) is 20.4 Å². The lowest BCUT2D eigenvalue weighted by molar-refractivity contribution is -0.121. The number of hydrazone groups is 1. The molecule has 0 saturated carbocycles. The van der Waals surface area contributed by atoms with E-state index in [0.717, 1.165) is 15.9 Å². The van der Waals surface area contributed by atoms with E-state index in [2.05, 4.69) is 31.6 Å². The van der Waals surface area contributed by atoms with E-state index in [-0.39, 0.29) is 24.0 Å². The molecule has 0 saturated heterocycles. The molecule has 1 amide bonds. The number of furan rings is 1. The Labute approximate surface area is 180 Å². The van der Waals surface area contributed by atoms with E-state index in [4.69, 9.17) is 13.9 Å². The molecule has 3 aromatic rings. The van der Waals surface area contributed by atoms with Crippen LogP contribution in [-0.2, 0) is 11.3 Å². The molecule has 0 unspecified atom stereocenters. The largest absolute Gasteiger partial charge is 0.493 e. The molecule has 0 fully saturated rings. The lowest BCUT2D eigenvalue weighted by atomic mass is 10.2. The quantitative estimate of drug-likeness (QED) is 0.243. The van der Waals surface area contributed by atoms with Crippen LogP contribution in [0.15, 0.2) is 50.6 Å². The number of carbonyl (C=O) groups is 2. The highest BCUT2D eigenvalue weighted by Crippen LogP contribution is 2.28. The Balaban J connectivity index is 1.62. The highest BCUT2D eigenvalue weighted by Gasteiger charge is 2.15. The molecule has 2 heterocycles. The van der Waals surface area contributed by atoms with Gasteiger partial charge in [0.2, 0.25) is 5.76 Å². The van der Waals surface area contributed by atoms with Crippen molar-refractivity contribution in [3.63, 3.8) is 0 Å². The van der Waals surface area contributed by atoms with Gasteiger partial charge >= 0.3 is 5.97 Å². The van der Waals surface area contributed by atoms with Gasteiger partial charge in [-0.3, -0.25) is 9.48 Å². The monoisotopic (exact) mass is 474 g/mol. The maximum atomic E-state index is 12.1. The van der Waals surface area contributed by atoms with Crippen LogP contribution in [0.1, 0.15) is 27.5 Å². The van der Waals surface area contributed by atoms with Crippen LogP contribution in [0.25, 0.3) is 0 Å². The summed E-state index contributed by atoms with van der Waals surface area (Å²) in [6, 6.07) is 7.95. The average Bonchev–Trinajstić information content (AvgIpc) is 3.35. The van der Waals surface area contributed by atoms with Gasteiger partial charge in [0.1, 0.15) is 6.54 Å². The molecule has 0 radical (unpaired) electrons. The summed E-state index contributed by atoms with van der Waals surface area (Å²) in [5.41, 5.74) is 4.76. The Morgan fingerprint density at radius 3 is 2.73 bits per heavy atom. The highest BCUT2D eigenvalue weighted by molar-refractivity contribution is 9.10. The molecule has 10 heteroatoms. The third-order valence-corrected chi connectivity index (χ3v) is 5.25. The van der Waals surface area contributed by atoms with Crippen LogP contribution in [0.5, 0.6) is 11.5 Å². The smallest absolute Gasteiger partial charge is 0.379 e. The number of methoxy groups -OCH3 is 1. The van der Waals surface area contributed by atoms with E-state index in [1.54, 1.807) is 28.9 Å². The molecule has 0 atom stereocenters. The summed E-state index contributed by atoms with van der Waals surface area (Å²) < 4.78 is 18.0. The number of hydrogen-bond donors (Lipinski definition) is 1. The third kappa shape index (κ3) is 4.95. The SMILES string of the molecule is COc1cc(/C=N\NC(=O)Cn2nc(C)c(Br)c2C)ccc1OC(=O)c1ccco1. The molecular weight excluding hydrogens is 456 g/mol. The first-order chi connectivity index (χ1) is 14.4. The van der Waals surface area contributed by atoms with Gasteiger partial charge in [-0.05, 0) is 65.7 Å². The van der Waals surface area contributed by atoms with Crippen LogP contribution >= 0.6 is 15.9 Å². The maximum absolute atomic E-state index is 12.1. The first-order valence-corrected chi connectivity index (χ1v) is 9.63. The van der Waals surface area contributed by atoms with Gasteiger partial charge in [-0.25, -0.2) is 10.2 Å². The normalized spacial score (nSPS) is 10.9. The van der Waals surface area contributed by atoms with E-state index < -0.39 is 5.97 Å². The number of ether oxygens (including phenoxy) is 2. The first-order valence-electron chi connectivity index (χ1n) is 8.84. The molecule has 0 spiro atoms. The van der Waals surface area contributed by atoms with Crippen LogP contribution in [0, 0.1) is 13.8 Å². The van der Waals surface area contributed by atoms with Crippen molar-refractivity contribution in [2.24, 2.45) is 5.10 Å². The second-order valence-corrected chi connectivity index (χ2v) is 7.01. The number of hydrogen-bond acceptors (Lipinski definition) is 7.